The Balaban J connectivity index is 1.53. The van der Waals surface area contributed by atoms with Crippen LogP contribution in [0.1, 0.15) is 37.7 Å². The molecule has 0 unspecified atom stereocenters. The number of carbonyl (C=O) groups excluding carboxylic acids is 2. The molecule has 32 heavy (non-hydrogen) atoms. The van der Waals surface area contributed by atoms with Gasteiger partial charge in [-0.1, -0.05) is 43.5 Å². The van der Waals surface area contributed by atoms with E-state index in [1.54, 1.807) is 48.5 Å². The summed E-state index contributed by atoms with van der Waals surface area (Å²) in [6.07, 6.45) is 6.88. The van der Waals surface area contributed by atoms with Crippen molar-refractivity contribution < 1.29 is 19.1 Å². The van der Waals surface area contributed by atoms with Gasteiger partial charge in [0.05, 0.1) is 12.8 Å². The molecule has 0 saturated heterocycles. The SMILES string of the molecule is COc1ccccc1NC(=O)COc1ccc(/C=C(\C#N)C(=O)NC2CCCCC2)cc1. The van der Waals surface area contributed by atoms with Crippen LogP contribution in [0.5, 0.6) is 11.5 Å². The van der Waals surface area contributed by atoms with Crippen molar-refractivity contribution in [2.75, 3.05) is 19.0 Å². The number of anilines is 1. The average Bonchev–Trinajstić information content (AvgIpc) is 2.83. The molecule has 1 saturated carbocycles. The number of methoxy groups -OCH3 is 1. The highest BCUT2D eigenvalue weighted by molar-refractivity contribution is 6.01. The molecule has 2 aromatic carbocycles. The molecule has 0 heterocycles. The molecule has 2 amide bonds. The van der Waals surface area contributed by atoms with Gasteiger partial charge in [-0.15, -0.1) is 0 Å². The predicted molar refractivity (Wildman–Crippen MR) is 122 cm³/mol. The number of nitrogens with one attached hydrogen (secondary N) is 2. The first kappa shape index (κ1) is 22.9. The highest BCUT2D eigenvalue weighted by Gasteiger charge is 2.18. The van der Waals surface area contributed by atoms with Gasteiger partial charge in [0, 0.05) is 6.04 Å². The molecule has 2 aromatic rings. The quantitative estimate of drug-likeness (QED) is 0.483. The van der Waals surface area contributed by atoms with E-state index in [1.807, 2.05) is 12.1 Å². The van der Waals surface area contributed by atoms with Crippen molar-refractivity contribution in [2.24, 2.45) is 0 Å². The maximum absolute atomic E-state index is 12.4. The van der Waals surface area contributed by atoms with E-state index in [0.717, 1.165) is 25.7 Å². The second kappa shape index (κ2) is 11.6. The lowest BCUT2D eigenvalue weighted by Crippen LogP contribution is -2.36. The Morgan fingerprint density at radius 2 is 1.81 bits per heavy atom. The molecule has 166 valence electrons. The second-order valence-electron chi connectivity index (χ2n) is 7.58. The number of para-hydroxylation sites is 2. The van der Waals surface area contributed by atoms with E-state index in [9.17, 15) is 14.9 Å². The summed E-state index contributed by atoms with van der Waals surface area (Å²) < 4.78 is 10.7. The molecule has 0 aromatic heterocycles. The zero-order valence-electron chi connectivity index (χ0n) is 18.1. The van der Waals surface area contributed by atoms with Crippen molar-refractivity contribution in [1.29, 1.82) is 5.26 Å². The summed E-state index contributed by atoms with van der Waals surface area (Å²) in [5.74, 6) is 0.415. The number of amides is 2. The lowest BCUT2D eigenvalue weighted by molar-refractivity contribution is -0.118. The van der Waals surface area contributed by atoms with E-state index in [-0.39, 0.29) is 30.0 Å². The molecule has 0 aliphatic heterocycles. The Hall–Kier alpha value is -3.79. The number of benzene rings is 2. The normalized spacial score (nSPS) is 14.2. The van der Waals surface area contributed by atoms with Crippen LogP contribution in [0, 0.1) is 11.3 Å². The molecule has 1 aliphatic carbocycles. The van der Waals surface area contributed by atoms with Gasteiger partial charge in [-0.2, -0.15) is 5.26 Å². The standard InChI is InChI=1S/C25H27N3O4/c1-31-23-10-6-5-9-22(23)28-24(29)17-32-21-13-11-18(12-14-21)15-19(16-26)25(30)27-20-7-3-2-4-8-20/h5-6,9-15,20H,2-4,7-8,17H2,1H3,(H,27,30)(H,28,29)/b19-15+. The molecule has 1 fully saturated rings. The summed E-state index contributed by atoms with van der Waals surface area (Å²) in [7, 11) is 1.54. The summed E-state index contributed by atoms with van der Waals surface area (Å²) in [6.45, 7) is -0.166. The van der Waals surface area contributed by atoms with Crippen molar-refractivity contribution in [3.05, 3.63) is 59.7 Å². The first-order valence-corrected chi connectivity index (χ1v) is 10.7. The third-order valence-electron chi connectivity index (χ3n) is 5.25. The molecule has 1 aliphatic rings. The zero-order chi connectivity index (χ0) is 22.8. The van der Waals surface area contributed by atoms with Gasteiger partial charge < -0.3 is 20.1 Å². The van der Waals surface area contributed by atoms with Crippen LogP contribution < -0.4 is 20.1 Å². The van der Waals surface area contributed by atoms with Crippen LogP contribution >= 0.6 is 0 Å². The molecule has 0 spiro atoms. The van der Waals surface area contributed by atoms with E-state index in [1.165, 1.54) is 13.5 Å². The largest absolute Gasteiger partial charge is 0.495 e. The smallest absolute Gasteiger partial charge is 0.262 e. The van der Waals surface area contributed by atoms with E-state index in [4.69, 9.17) is 9.47 Å². The van der Waals surface area contributed by atoms with E-state index < -0.39 is 0 Å². The number of nitrogens with zero attached hydrogens (tertiary/aromatic N) is 1. The first-order chi connectivity index (χ1) is 15.6. The Morgan fingerprint density at radius 1 is 1.09 bits per heavy atom. The van der Waals surface area contributed by atoms with E-state index in [2.05, 4.69) is 10.6 Å². The Labute approximate surface area is 188 Å². The van der Waals surface area contributed by atoms with Crippen LogP contribution in [0.25, 0.3) is 6.08 Å². The van der Waals surface area contributed by atoms with Crippen LogP contribution in [0.4, 0.5) is 5.69 Å². The van der Waals surface area contributed by atoms with Crippen LogP contribution in [0.2, 0.25) is 0 Å². The van der Waals surface area contributed by atoms with Crippen molar-refractivity contribution in [3.63, 3.8) is 0 Å². The maximum Gasteiger partial charge on any atom is 0.262 e. The summed E-state index contributed by atoms with van der Waals surface area (Å²) in [5, 5.41) is 15.1. The Bertz CT molecular complexity index is 1000. The molecular weight excluding hydrogens is 406 g/mol. The predicted octanol–water partition coefficient (Wildman–Crippen LogP) is 4.07. The summed E-state index contributed by atoms with van der Waals surface area (Å²) in [4.78, 5) is 24.6. The van der Waals surface area contributed by atoms with Gasteiger partial charge in [0.25, 0.3) is 11.8 Å². The molecular formula is C25H27N3O4. The van der Waals surface area contributed by atoms with Crippen LogP contribution in [0.15, 0.2) is 54.1 Å². The Kier molecular flexibility index (Phi) is 8.27. The minimum atomic E-state index is -0.340. The van der Waals surface area contributed by atoms with Gasteiger partial charge in [0.1, 0.15) is 23.1 Å². The van der Waals surface area contributed by atoms with Gasteiger partial charge >= 0.3 is 0 Å². The summed E-state index contributed by atoms with van der Waals surface area (Å²) in [6, 6.07) is 16.1. The maximum atomic E-state index is 12.4. The molecule has 2 N–H and O–H groups in total. The van der Waals surface area contributed by atoms with Gasteiger partial charge in [0.15, 0.2) is 6.61 Å². The van der Waals surface area contributed by atoms with Gasteiger partial charge in [-0.05, 0) is 48.7 Å². The van der Waals surface area contributed by atoms with Gasteiger partial charge in [-0.3, -0.25) is 9.59 Å². The molecule has 0 radical (unpaired) electrons. The number of ether oxygens (including phenoxy) is 2. The third kappa shape index (κ3) is 6.61. The van der Waals surface area contributed by atoms with Crippen LogP contribution in [0.3, 0.4) is 0 Å². The monoisotopic (exact) mass is 433 g/mol. The fourth-order valence-electron chi connectivity index (χ4n) is 3.57. The molecule has 0 bridgehead atoms. The van der Waals surface area contributed by atoms with Crippen molar-refractivity contribution in [2.45, 2.75) is 38.1 Å². The first-order valence-electron chi connectivity index (χ1n) is 10.7. The van der Waals surface area contributed by atoms with E-state index in [0.29, 0.717) is 22.7 Å². The third-order valence-corrected chi connectivity index (χ3v) is 5.25. The zero-order valence-corrected chi connectivity index (χ0v) is 18.1. The average molecular weight is 434 g/mol. The van der Waals surface area contributed by atoms with E-state index >= 15 is 0 Å². The fourth-order valence-corrected chi connectivity index (χ4v) is 3.57. The number of nitriles is 1. The summed E-state index contributed by atoms with van der Waals surface area (Å²) in [5.41, 5.74) is 1.34. The lowest BCUT2D eigenvalue weighted by atomic mass is 9.95. The number of carbonyl (C=O) groups is 2. The van der Waals surface area contributed by atoms with Crippen molar-refractivity contribution in [3.8, 4) is 17.6 Å². The topological polar surface area (TPSA) is 100 Å². The highest BCUT2D eigenvalue weighted by atomic mass is 16.5. The lowest BCUT2D eigenvalue weighted by Gasteiger charge is -2.22. The van der Waals surface area contributed by atoms with Crippen LogP contribution in [-0.2, 0) is 9.59 Å². The Morgan fingerprint density at radius 3 is 2.50 bits per heavy atom. The minimum Gasteiger partial charge on any atom is -0.495 e. The van der Waals surface area contributed by atoms with Crippen molar-refractivity contribution in [1.82, 2.24) is 5.32 Å². The van der Waals surface area contributed by atoms with Crippen LogP contribution in [-0.4, -0.2) is 31.6 Å². The minimum absolute atomic E-state index is 0.0698. The molecule has 7 nitrogen and oxygen atoms in total. The van der Waals surface area contributed by atoms with Gasteiger partial charge in [-0.25, -0.2) is 0 Å². The number of rotatable bonds is 8. The fraction of sp³-hybridized carbons (Fsp3) is 0.320. The van der Waals surface area contributed by atoms with Crippen molar-refractivity contribution >= 4 is 23.6 Å². The van der Waals surface area contributed by atoms with Gasteiger partial charge in [0.2, 0.25) is 0 Å². The molecule has 7 heteroatoms. The second-order valence-corrected chi connectivity index (χ2v) is 7.58. The molecule has 0 atom stereocenters. The highest BCUT2D eigenvalue weighted by Crippen LogP contribution is 2.23. The number of hydrogen-bond acceptors (Lipinski definition) is 5. The number of hydrogen-bond donors (Lipinski definition) is 2. The summed E-state index contributed by atoms with van der Waals surface area (Å²) >= 11 is 0. The molecule has 3 rings (SSSR count).